The number of hydrogen-bond donors (Lipinski definition) is 0. The van der Waals surface area contributed by atoms with Crippen LogP contribution in [0.2, 0.25) is 0 Å². The number of carbonyl (C=O) groups excluding carboxylic acids is 1. The van der Waals surface area contributed by atoms with Crippen molar-refractivity contribution in [3.63, 3.8) is 0 Å². The largest absolute Gasteiger partial charge is 0.330 e. The van der Waals surface area contributed by atoms with Gasteiger partial charge in [0, 0.05) is 0 Å². The zero-order valence-electron chi connectivity index (χ0n) is 5.85. The van der Waals surface area contributed by atoms with Gasteiger partial charge in [0.1, 0.15) is 0 Å². The van der Waals surface area contributed by atoms with Gasteiger partial charge in [-0.05, 0) is 11.4 Å². The average molecular weight is 179 g/mol. The van der Waals surface area contributed by atoms with Gasteiger partial charge in [0.15, 0.2) is 0 Å². The van der Waals surface area contributed by atoms with Crippen molar-refractivity contribution in [2.45, 2.75) is 0 Å². The van der Waals surface area contributed by atoms with Gasteiger partial charge in [0.2, 0.25) is 5.82 Å². The fourth-order valence-corrected chi connectivity index (χ4v) is 1.42. The van der Waals surface area contributed by atoms with Crippen molar-refractivity contribution in [2.24, 2.45) is 0 Å². The first kappa shape index (κ1) is 7.17. The Morgan fingerprint density at radius 3 is 3.08 bits per heavy atom. The van der Waals surface area contributed by atoms with Gasteiger partial charge in [0.25, 0.3) is 6.29 Å². The van der Waals surface area contributed by atoms with E-state index in [9.17, 15) is 4.79 Å². The summed E-state index contributed by atoms with van der Waals surface area (Å²) in [5.74, 6) is 0.321. The molecule has 0 spiro atoms. The molecule has 0 aliphatic heterocycles. The molecule has 0 bridgehead atoms. The van der Waals surface area contributed by atoms with Crippen LogP contribution < -0.4 is 0 Å². The van der Waals surface area contributed by atoms with Gasteiger partial charge >= 0.3 is 5.89 Å². The fourth-order valence-electron chi connectivity index (χ4n) is 0.771. The summed E-state index contributed by atoms with van der Waals surface area (Å²) in [5.41, 5.74) is 0. The molecule has 0 atom stereocenters. The second kappa shape index (κ2) is 2.86. The highest BCUT2D eigenvalue weighted by Crippen LogP contribution is 2.20. The Morgan fingerprint density at radius 2 is 2.50 bits per heavy atom. The fraction of sp³-hybridized carbons (Fsp3) is 0. The maximum atomic E-state index is 10.1. The molecule has 1 radical (unpaired) electrons. The third kappa shape index (κ3) is 1.14. The van der Waals surface area contributed by atoms with E-state index >= 15 is 0 Å². The van der Waals surface area contributed by atoms with E-state index in [1.165, 1.54) is 17.6 Å². The molecule has 0 saturated carbocycles. The minimum Gasteiger partial charge on any atom is -0.330 e. The Morgan fingerprint density at radius 1 is 1.58 bits per heavy atom. The summed E-state index contributed by atoms with van der Waals surface area (Å²) in [6, 6.07) is 3.73. The van der Waals surface area contributed by atoms with Gasteiger partial charge in [-0.1, -0.05) is 11.2 Å². The van der Waals surface area contributed by atoms with Crippen LogP contribution in [0.5, 0.6) is 0 Å². The van der Waals surface area contributed by atoms with Gasteiger partial charge in [-0.3, -0.25) is 4.79 Å². The molecule has 0 unspecified atom stereocenters. The molecule has 0 N–H and O–H groups in total. The Labute approximate surface area is 71.8 Å². The van der Waals surface area contributed by atoms with Gasteiger partial charge < -0.3 is 4.52 Å². The van der Waals surface area contributed by atoms with Crippen molar-refractivity contribution < 1.29 is 9.32 Å². The Kier molecular flexibility index (Phi) is 1.71. The number of aromatic nitrogens is 2. The molecule has 0 fully saturated rings. The number of thiophene rings is 1. The first-order chi connectivity index (χ1) is 5.90. The molecule has 0 aromatic carbocycles. The second-order valence-electron chi connectivity index (χ2n) is 2.00. The molecule has 0 saturated heterocycles. The maximum Gasteiger partial charge on any atom is 0.303 e. The summed E-state index contributed by atoms with van der Waals surface area (Å²) in [5, 5.41) is 5.49. The molecule has 0 amide bonds. The Balaban J connectivity index is 2.41. The standard InChI is InChI=1S/C7H3N2O2S/c10-4-6-8-7(9-11-6)5-2-1-3-12-5/h1-3H. The van der Waals surface area contributed by atoms with Crippen LogP contribution in [0.1, 0.15) is 5.89 Å². The molecule has 4 nitrogen and oxygen atoms in total. The molecule has 5 heteroatoms. The number of rotatable bonds is 2. The minimum atomic E-state index is -0.113. The predicted octanol–water partition coefficient (Wildman–Crippen LogP) is 1.26. The molecular weight excluding hydrogens is 176 g/mol. The van der Waals surface area contributed by atoms with Crippen molar-refractivity contribution >= 4 is 17.6 Å². The van der Waals surface area contributed by atoms with Crippen molar-refractivity contribution in [1.82, 2.24) is 10.1 Å². The third-order valence-electron chi connectivity index (χ3n) is 1.25. The Hall–Kier alpha value is -1.49. The summed E-state index contributed by atoms with van der Waals surface area (Å²) < 4.78 is 4.56. The zero-order valence-corrected chi connectivity index (χ0v) is 6.67. The monoisotopic (exact) mass is 179 g/mol. The van der Waals surface area contributed by atoms with Gasteiger partial charge in [-0.15, -0.1) is 11.3 Å². The first-order valence-electron chi connectivity index (χ1n) is 3.16. The number of nitrogens with zero attached hydrogens (tertiary/aromatic N) is 2. The van der Waals surface area contributed by atoms with E-state index < -0.39 is 0 Å². The summed E-state index contributed by atoms with van der Waals surface area (Å²) in [6.45, 7) is 0. The van der Waals surface area contributed by atoms with Crippen molar-refractivity contribution in [3.8, 4) is 10.7 Å². The molecule has 2 aromatic rings. The van der Waals surface area contributed by atoms with E-state index in [-0.39, 0.29) is 5.89 Å². The molecule has 12 heavy (non-hydrogen) atoms. The molecule has 0 aliphatic rings. The van der Waals surface area contributed by atoms with Crippen LogP contribution in [-0.2, 0) is 4.79 Å². The molecule has 2 aromatic heterocycles. The SMILES string of the molecule is O=[C]c1nc(-c2cccs2)no1. The number of hydrogen-bond acceptors (Lipinski definition) is 5. The summed E-state index contributed by atoms with van der Waals surface area (Å²) in [4.78, 5) is 14.7. The van der Waals surface area contributed by atoms with Crippen molar-refractivity contribution in [3.05, 3.63) is 23.4 Å². The van der Waals surface area contributed by atoms with Crippen LogP contribution >= 0.6 is 11.3 Å². The summed E-state index contributed by atoms with van der Waals surface area (Å²) in [7, 11) is 0. The molecule has 59 valence electrons. The summed E-state index contributed by atoms with van der Waals surface area (Å²) >= 11 is 1.49. The highest BCUT2D eigenvalue weighted by atomic mass is 32.1. The normalized spacial score (nSPS) is 10.0. The van der Waals surface area contributed by atoms with Gasteiger partial charge in [-0.25, -0.2) is 0 Å². The van der Waals surface area contributed by atoms with E-state index in [1.807, 2.05) is 17.5 Å². The van der Waals surface area contributed by atoms with Gasteiger partial charge in [0.05, 0.1) is 4.88 Å². The van der Waals surface area contributed by atoms with Crippen molar-refractivity contribution in [2.75, 3.05) is 0 Å². The van der Waals surface area contributed by atoms with E-state index in [0.717, 1.165) is 4.88 Å². The van der Waals surface area contributed by atoms with E-state index in [2.05, 4.69) is 14.7 Å². The maximum absolute atomic E-state index is 10.1. The highest BCUT2D eigenvalue weighted by molar-refractivity contribution is 7.13. The third-order valence-corrected chi connectivity index (χ3v) is 2.12. The van der Waals surface area contributed by atoms with Crippen LogP contribution in [0.3, 0.4) is 0 Å². The van der Waals surface area contributed by atoms with Gasteiger partial charge in [-0.2, -0.15) is 4.98 Å². The first-order valence-corrected chi connectivity index (χ1v) is 4.04. The van der Waals surface area contributed by atoms with Crippen LogP contribution in [0.4, 0.5) is 0 Å². The van der Waals surface area contributed by atoms with E-state index in [1.54, 1.807) is 0 Å². The zero-order chi connectivity index (χ0) is 8.39. The van der Waals surface area contributed by atoms with Crippen LogP contribution in [0, 0.1) is 0 Å². The van der Waals surface area contributed by atoms with E-state index in [4.69, 9.17) is 0 Å². The Bertz CT molecular complexity index is 380. The summed E-state index contributed by atoms with van der Waals surface area (Å²) in [6.07, 6.45) is 1.52. The lowest BCUT2D eigenvalue weighted by atomic mass is 10.4. The topological polar surface area (TPSA) is 56.0 Å². The molecule has 2 heterocycles. The predicted molar refractivity (Wildman–Crippen MR) is 42.4 cm³/mol. The smallest absolute Gasteiger partial charge is 0.303 e. The minimum absolute atomic E-state index is 0.113. The van der Waals surface area contributed by atoms with Crippen molar-refractivity contribution in [1.29, 1.82) is 0 Å². The van der Waals surface area contributed by atoms with Crippen LogP contribution in [0.25, 0.3) is 10.7 Å². The average Bonchev–Trinajstić information content (AvgIpc) is 2.75. The van der Waals surface area contributed by atoms with E-state index in [0.29, 0.717) is 5.82 Å². The second-order valence-corrected chi connectivity index (χ2v) is 2.95. The lowest BCUT2D eigenvalue weighted by Gasteiger charge is -1.80. The molecule has 0 aliphatic carbocycles. The van der Waals surface area contributed by atoms with Crippen LogP contribution in [-0.4, -0.2) is 16.4 Å². The molecule has 2 rings (SSSR count). The lowest BCUT2D eigenvalue weighted by molar-refractivity contribution is 0.405. The lowest BCUT2D eigenvalue weighted by Crippen LogP contribution is -1.78. The van der Waals surface area contributed by atoms with Crippen LogP contribution in [0.15, 0.2) is 22.0 Å². The highest BCUT2D eigenvalue weighted by Gasteiger charge is 2.07. The molecular formula is C7H3N2O2S. The quantitative estimate of drug-likeness (QED) is 0.696.